The summed E-state index contributed by atoms with van der Waals surface area (Å²) in [7, 11) is 1.30. The lowest BCUT2D eigenvalue weighted by atomic mass is 10.0. The Morgan fingerprint density at radius 2 is 2.05 bits per heavy atom. The average Bonchev–Trinajstić information content (AvgIpc) is 2.89. The van der Waals surface area contributed by atoms with Crippen LogP contribution < -0.4 is 5.32 Å². The number of imidazole rings is 1. The monoisotopic (exact) mass is 289 g/mol. The Morgan fingerprint density at radius 3 is 2.62 bits per heavy atom. The number of ether oxygens (including phenoxy) is 1. The molecule has 2 heterocycles. The lowest BCUT2D eigenvalue weighted by Crippen LogP contribution is -2.45. The lowest BCUT2D eigenvalue weighted by Gasteiger charge is -2.19. The van der Waals surface area contributed by atoms with E-state index in [1.165, 1.54) is 7.11 Å². The minimum atomic E-state index is -0.687. The van der Waals surface area contributed by atoms with Gasteiger partial charge in [-0.3, -0.25) is 4.79 Å². The molecule has 1 amide bonds. The zero-order chi connectivity index (χ0) is 15.6. The Balaban J connectivity index is 2.25. The minimum absolute atomic E-state index is 0.0693. The van der Waals surface area contributed by atoms with Crippen LogP contribution in [0.15, 0.2) is 24.4 Å². The molecule has 21 heavy (non-hydrogen) atoms. The molecule has 0 aromatic carbocycles. The first kappa shape index (κ1) is 15.0. The molecule has 0 saturated heterocycles. The summed E-state index contributed by atoms with van der Waals surface area (Å²) in [6.07, 6.45) is 1.66. The van der Waals surface area contributed by atoms with Gasteiger partial charge in [-0.25, -0.2) is 9.78 Å². The fraction of sp³-hybridized carbons (Fsp3) is 0.400. The van der Waals surface area contributed by atoms with Crippen molar-refractivity contribution in [3.8, 4) is 0 Å². The van der Waals surface area contributed by atoms with E-state index in [1.807, 2.05) is 43.4 Å². The van der Waals surface area contributed by atoms with Gasteiger partial charge in [0.2, 0.25) is 0 Å². The molecule has 2 aromatic rings. The highest BCUT2D eigenvalue weighted by atomic mass is 16.5. The highest BCUT2D eigenvalue weighted by Crippen LogP contribution is 2.10. The van der Waals surface area contributed by atoms with Crippen LogP contribution in [0.3, 0.4) is 0 Å². The van der Waals surface area contributed by atoms with E-state index >= 15 is 0 Å². The lowest BCUT2D eigenvalue weighted by molar-refractivity contribution is -0.144. The van der Waals surface area contributed by atoms with E-state index in [2.05, 4.69) is 10.3 Å². The maximum atomic E-state index is 12.3. The van der Waals surface area contributed by atoms with Gasteiger partial charge in [-0.05, 0) is 25.0 Å². The van der Waals surface area contributed by atoms with Gasteiger partial charge in [0.1, 0.15) is 17.4 Å². The Kier molecular flexibility index (Phi) is 4.26. The number of nitrogens with zero attached hydrogens (tertiary/aromatic N) is 2. The molecule has 1 N–H and O–H groups in total. The maximum absolute atomic E-state index is 12.3. The summed E-state index contributed by atoms with van der Waals surface area (Å²) in [5.41, 5.74) is 1.95. The molecule has 0 radical (unpaired) electrons. The molecule has 0 spiro atoms. The van der Waals surface area contributed by atoms with E-state index < -0.39 is 12.0 Å². The van der Waals surface area contributed by atoms with Crippen molar-refractivity contribution in [3.05, 3.63) is 35.8 Å². The highest BCUT2D eigenvalue weighted by molar-refractivity contribution is 5.95. The number of nitrogens with one attached hydrogen (secondary N) is 1. The summed E-state index contributed by atoms with van der Waals surface area (Å²) in [5, 5.41) is 2.67. The summed E-state index contributed by atoms with van der Waals surface area (Å²) < 4.78 is 6.54. The zero-order valence-electron chi connectivity index (χ0n) is 12.6. The van der Waals surface area contributed by atoms with Crippen LogP contribution in [0.4, 0.5) is 0 Å². The number of aryl methyl sites for hydroxylation is 1. The van der Waals surface area contributed by atoms with Crippen molar-refractivity contribution in [3.63, 3.8) is 0 Å². The van der Waals surface area contributed by atoms with Gasteiger partial charge in [0.15, 0.2) is 0 Å². The zero-order valence-corrected chi connectivity index (χ0v) is 12.6. The van der Waals surface area contributed by atoms with Gasteiger partial charge in [0.25, 0.3) is 5.91 Å². The average molecular weight is 289 g/mol. The number of hydrogen-bond donors (Lipinski definition) is 1. The number of amides is 1. The molecule has 6 heteroatoms. The molecule has 0 saturated carbocycles. The van der Waals surface area contributed by atoms with E-state index in [9.17, 15) is 9.59 Å². The third kappa shape index (κ3) is 3.04. The first-order chi connectivity index (χ1) is 9.93. The molecule has 0 aliphatic rings. The van der Waals surface area contributed by atoms with Gasteiger partial charge in [-0.2, -0.15) is 0 Å². The second-order valence-corrected chi connectivity index (χ2v) is 5.24. The van der Waals surface area contributed by atoms with Gasteiger partial charge in [-0.1, -0.05) is 19.9 Å². The molecular formula is C15H19N3O3. The standard InChI is InChI=1S/C15H19N3O3/c1-9(2)13(15(20)21-4)17-14(19)11-8-18-10(3)6-5-7-12(18)16-11/h5-9,13H,1-4H3,(H,17,19). The van der Waals surface area contributed by atoms with Crippen LogP contribution in [0.25, 0.3) is 5.65 Å². The topological polar surface area (TPSA) is 72.7 Å². The molecule has 0 aliphatic carbocycles. The third-order valence-electron chi connectivity index (χ3n) is 3.34. The number of rotatable bonds is 4. The molecular weight excluding hydrogens is 270 g/mol. The molecule has 1 atom stereocenters. The van der Waals surface area contributed by atoms with Crippen LogP contribution >= 0.6 is 0 Å². The van der Waals surface area contributed by atoms with Gasteiger partial charge in [0.05, 0.1) is 7.11 Å². The van der Waals surface area contributed by atoms with Crippen molar-refractivity contribution in [1.29, 1.82) is 0 Å². The maximum Gasteiger partial charge on any atom is 0.328 e. The predicted octanol–water partition coefficient (Wildman–Crippen LogP) is 1.57. The molecule has 0 fully saturated rings. The smallest absolute Gasteiger partial charge is 0.328 e. The van der Waals surface area contributed by atoms with Crippen molar-refractivity contribution in [2.45, 2.75) is 26.8 Å². The van der Waals surface area contributed by atoms with E-state index in [-0.39, 0.29) is 17.5 Å². The SMILES string of the molecule is COC(=O)C(NC(=O)c1cn2c(C)cccc2n1)C(C)C. The molecule has 1 unspecified atom stereocenters. The Labute approximate surface area is 123 Å². The summed E-state index contributed by atoms with van der Waals surface area (Å²) in [6, 6.07) is 4.95. The van der Waals surface area contributed by atoms with E-state index in [0.717, 1.165) is 5.69 Å². The van der Waals surface area contributed by atoms with Gasteiger partial charge in [-0.15, -0.1) is 0 Å². The quantitative estimate of drug-likeness (QED) is 0.867. The van der Waals surface area contributed by atoms with Crippen LogP contribution in [0, 0.1) is 12.8 Å². The normalized spacial score (nSPS) is 12.4. The molecule has 2 aromatic heterocycles. The summed E-state index contributed by atoms with van der Waals surface area (Å²) in [5.74, 6) is -0.916. The van der Waals surface area contributed by atoms with Crippen LogP contribution in [0.2, 0.25) is 0 Å². The number of methoxy groups -OCH3 is 1. The van der Waals surface area contributed by atoms with Crippen LogP contribution in [-0.2, 0) is 9.53 Å². The third-order valence-corrected chi connectivity index (χ3v) is 3.34. The number of fused-ring (bicyclic) bond motifs is 1. The first-order valence-electron chi connectivity index (χ1n) is 6.77. The largest absolute Gasteiger partial charge is 0.467 e. The minimum Gasteiger partial charge on any atom is -0.467 e. The number of carbonyl (C=O) groups is 2. The van der Waals surface area contributed by atoms with Gasteiger partial charge >= 0.3 is 5.97 Å². The number of esters is 1. The molecule has 112 valence electrons. The summed E-state index contributed by atoms with van der Waals surface area (Å²) >= 11 is 0. The number of carbonyl (C=O) groups excluding carboxylic acids is 2. The summed E-state index contributed by atoms with van der Waals surface area (Å²) in [4.78, 5) is 28.2. The second-order valence-electron chi connectivity index (χ2n) is 5.24. The van der Waals surface area contributed by atoms with E-state index in [0.29, 0.717) is 5.65 Å². The molecule has 2 rings (SSSR count). The van der Waals surface area contributed by atoms with Crippen LogP contribution in [-0.4, -0.2) is 34.4 Å². The molecule has 0 bridgehead atoms. The van der Waals surface area contributed by atoms with Crippen LogP contribution in [0.5, 0.6) is 0 Å². The molecule has 0 aliphatic heterocycles. The fourth-order valence-electron chi connectivity index (χ4n) is 2.10. The van der Waals surface area contributed by atoms with Crippen molar-refractivity contribution >= 4 is 17.5 Å². The van der Waals surface area contributed by atoms with E-state index in [1.54, 1.807) is 6.20 Å². The number of hydrogen-bond acceptors (Lipinski definition) is 4. The Hall–Kier alpha value is -2.37. The Bertz CT molecular complexity index is 676. The Morgan fingerprint density at radius 1 is 1.33 bits per heavy atom. The van der Waals surface area contributed by atoms with Crippen molar-refractivity contribution in [2.24, 2.45) is 5.92 Å². The fourth-order valence-corrected chi connectivity index (χ4v) is 2.10. The predicted molar refractivity (Wildman–Crippen MR) is 78.0 cm³/mol. The number of pyridine rings is 1. The van der Waals surface area contributed by atoms with Crippen LogP contribution in [0.1, 0.15) is 30.0 Å². The van der Waals surface area contributed by atoms with Crippen molar-refractivity contribution in [1.82, 2.24) is 14.7 Å². The van der Waals surface area contributed by atoms with Crippen molar-refractivity contribution in [2.75, 3.05) is 7.11 Å². The second kappa shape index (κ2) is 5.95. The van der Waals surface area contributed by atoms with E-state index in [4.69, 9.17) is 4.74 Å². The van der Waals surface area contributed by atoms with Gasteiger partial charge in [0, 0.05) is 11.9 Å². The first-order valence-corrected chi connectivity index (χ1v) is 6.77. The highest BCUT2D eigenvalue weighted by Gasteiger charge is 2.26. The molecule has 6 nitrogen and oxygen atoms in total. The van der Waals surface area contributed by atoms with Crippen molar-refractivity contribution < 1.29 is 14.3 Å². The van der Waals surface area contributed by atoms with Gasteiger partial charge < -0.3 is 14.5 Å². The summed E-state index contributed by atoms with van der Waals surface area (Å²) in [6.45, 7) is 5.62. The number of aromatic nitrogens is 2.